The van der Waals surface area contributed by atoms with Gasteiger partial charge in [-0.15, -0.1) is 0 Å². The fraction of sp³-hybridized carbons (Fsp3) is 0.636. The molecular formula is C11H15N3. The van der Waals surface area contributed by atoms with Gasteiger partial charge in [-0.25, -0.2) is 4.98 Å². The van der Waals surface area contributed by atoms with E-state index in [1.807, 2.05) is 17.8 Å². The number of nitriles is 1. The first kappa shape index (κ1) is 9.26. The van der Waals surface area contributed by atoms with E-state index in [4.69, 9.17) is 0 Å². The molecule has 0 aromatic carbocycles. The Morgan fingerprint density at radius 1 is 1.43 bits per heavy atom. The van der Waals surface area contributed by atoms with Crippen molar-refractivity contribution >= 4 is 0 Å². The van der Waals surface area contributed by atoms with Crippen molar-refractivity contribution in [2.45, 2.75) is 37.5 Å². The minimum absolute atomic E-state index is 0.309. The van der Waals surface area contributed by atoms with Crippen LogP contribution < -0.4 is 0 Å². The van der Waals surface area contributed by atoms with E-state index in [-0.39, 0.29) is 5.41 Å². The molecule has 0 aliphatic heterocycles. The van der Waals surface area contributed by atoms with Crippen LogP contribution in [0.3, 0.4) is 0 Å². The highest BCUT2D eigenvalue weighted by Crippen LogP contribution is 2.37. The van der Waals surface area contributed by atoms with Crippen LogP contribution in [0, 0.1) is 11.3 Å². The fourth-order valence-electron chi connectivity index (χ4n) is 2.37. The molecule has 0 amide bonds. The lowest BCUT2D eigenvalue weighted by atomic mass is 9.74. The zero-order chi connectivity index (χ0) is 10.0. The molecule has 1 saturated carbocycles. The summed E-state index contributed by atoms with van der Waals surface area (Å²) in [6.45, 7) is 0. The Balaban J connectivity index is 2.38. The van der Waals surface area contributed by atoms with Gasteiger partial charge in [0.15, 0.2) is 0 Å². The van der Waals surface area contributed by atoms with Crippen molar-refractivity contribution in [3.63, 3.8) is 0 Å². The van der Waals surface area contributed by atoms with Gasteiger partial charge < -0.3 is 4.57 Å². The van der Waals surface area contributed by atoms with Crippen molar-refractivity contribution in [2.75, 3.05) is 0 Å². The van der Waals surface area contributed by atoms with Crippen LogP contribution in [-0.2, 0) is 12.5 Å². The van der Waals surface area contributed by atoms with E-state index in [1.165, 1.54) is 6.42 Å². The van der Waals surface area contributed by atoms with Gasteiger partial charge in [0.25, 0.3) is 0 Å². The fourth-order valence-corrected chi connectivity index (χ4v) is 2.37. The first-order chi connectivity index (χ1) is 6.78. The van der Waals surface area contributed by atoms with Crippen molar-refractivity contribution in [2.24, 2.45) is 7.05 Å². The molecule has 0 bridgehead atoms. The third-order valence-electron chi connectivity index (χ3n) is 3.17. The lowest BCUT2D eigenvalue weighted by Crippen LogP contribution is -2.30. The molecule has 0 unspecified atom stereocenters. The van der Waals surface area contributed by atoms with E-state index < -0.39 is 0 Å². The molecule has 1 aromatic rings. The molecule has 0 radical (unpaired) electrons. The molecule has 1 aliphatic rings. The molecule has 14 heavy (non-hydrogen) atoms. The SMILES string of the molecule is Cn1ccnc1C1(C#N)CCCCC1. The summed E-state index contributed by atoms with van der Waals surface area (Å²) in [6, 6.07) is 2.48. The number of imidazole rings is 1. The highest BCUT2D eigenvalue weighted by atomic mass is 15.0. The zero-order valence-corrected chi connectivity index (χ0v) is 8.53. The Kier molecular flexibility index (Phi) is 2.28. The molecule has 1 aliphatic carbocycles. The van der Waals surface area contributed by atoms with Crippen molar-refractivity contribution in [3.05, 3.63) is 18.2 Å². The summed E-state index contributed by atoms with van der Waals surface area (Å²) in [5, 5.41) is 9.33. The minimum Gasteiger partial charge on any atom is -0.337 e. The third-order valence-corrected chi connectivity index (χ3v) is 3.17. The molecule has 0 saturated heterocycles. The molecule has 0 N–H and O–H groups in total. The summed E-state index contributed by atoms with van der Waals surface area (Å²) in [5.41, 5.74) is -0.309. The second-order valence-electron chi connectivity index (χ2n) is 4.12. The standard InChI is InChI=1S/C11H15N3/c1-14-8-7-13-10(14)11(9-12)5-3-2-4-6-11/h7-8H,2-6H2,1H3. The van der Waals surface area contributed by atoms with E-state index >= 15 is 0 Å². The molecule has 0 atom stereocenters. The van der Waals surface area contributed by atoms with Gasteiger partial charge in [-0.05, 0) is 12.8 Å². The van der Waals surface area contributed by atoms with Crippen LogP contribution in [0.25, 0.3) is 0 Å². The molecule has 74 valence electrons. The molecule has 1 fully saturated rings. The van der Waals surface area contributed by atoms with E-state index in [0.717, 1.165) is 31.5 Å². The van der Waals surface area contributed by atoms with Crippen molar-refractivity contribution < 1.29 is 0 Å². The van der Waals surface area contributed by atoms with Crippen LogP contribution in [-0.4, -0.2) is 9.55 Å². The van der Waals surface area contributed by atoms with Gasteiger partial charge in [0, 0.05) is 19.4 Å². The molecule has 2 rings (SSSR count). The van der Waals surface area contributed by atoms with Gasteiger partial charge in [0.05, 0.1) is 6.07 Å². The van der Waals surface area contributed by atoms with Crippen LogP contribution >= 0.6 is 0 Å². The summed E-state index contributed by atoms with van der Waals surface area (Å²) in [6.07, 6.45) is 9.20. The van der Waals surface area contributed by atoms with E-state index in [1.54, 1.807) is 6.20 Å². The van der Waals surface area contributed by atoms with Gasteiger partial charge in [0.1, 0.15) is 11.2 Å². The van der Waals surface area contributed by atoms with Crippen molar-refractivity contribution in [1.29, 1.82) is 5.26 Å². The number of hydrogen-bond acceptors (Lipinski definition) is 2. The van der Waals surface area contributed by atoms with Gasteiger partial charge in [-0.1, -0.05) is 19.3 Å². The molecule has 3 heteroatoms. The number of aromatic nitrogens is 2. The molecular weight excluding hydrogens is 174 g/mol. The largest absolute Gasteiger partial charge is 0.337 e. The van der Waals surface area contributed by atoms with Crippen LogP contribution in [0.5, 0.6) is 0 Å². The lowest BCUT2D eigenvalue weighted by Gasteiger charge is -2.29. The maximum absolute atomic E-state index is 9.33. The first-order valence-corrected chi connectivity index (χ1v) is 5.17. The summed E-state index contributed by atoms with van der Waals surface area (Å²) < 4.78 is 1.98. The number of hydrogen-bond donors (Lipinski definition) is 0. The summed E-state index contributed by atoms with van der Waals surface area (Å²) >= 11 is 0. The monoisotopic (exact) mass is 189 g/mol. The van der Waals surface area contributed by atoms with Gasteiger partial charge in [-0.2, -0.15) is 5.26 Å². The zero-order valence-electron chi connectivity index (χ0n) is 8.53. The molecule has 3 nitrogen and oxygen atoms in total. The number of nitrogens with zero attached hydrogens (tertiary/aromatic N) is 3. The Hall–Kier alpha value is -1.30. The summed E-state index contributed by atoms with van der Waals surface area (Å²) in [7, 11) is 1.97. The second kappa shape index (κ2) is 3.45. The molecule has 1 heterocycles. The Morgan fingerprint density at radius 2 is 2.14 bits per heavy atom. The normalized spacial score (nSPS) is 20.3. The Bertz CT molecular complexity index is 353. The van der Waals surface area contributed by atoms with Crippen LogP contribution in [0.4, 0.5) is 0 Å². The van der Waals surface area contributed by atoms with E-state index in [0.29, 0.717) is 0 Å². The van der Waals surface area contributed by atoms with Gasteiger partial charge in [0.2, 0.25) is 0 Å². The van der Waals surface area contributed by atoms with E-state index in [9.17, 15) is 5.26 Å². The lowest BCUT2D eigenvalue weighted by molar-refractivity contribution is 0.343. The highest BCUT2D eigenvalue weighted by molar-refractivity contribution is 5.22. The van der Waals surface area contributed by atoms with Gasteiger partial charge >= 0.3 is 0 Å². The van der Waals surface area contributed by atoms with Crippen molar-refractivity contribution in [3.8, 4) is 6.07 Å². The topological polar surface area (TPSA) is 41.6 Å². The summed E-state index contributed by atoms with van der Waals surface area (Å²) in [5.74, 6) is 0.944. The average molecular weight is 189 g/mol. The first-order valence-electron chi connectivity index (χ1n) is 5.17. The maximum Gasteiger partial charge on any atom is 0.128 e. The minimum atomic E-state index is -0.309. The molecule has 0 spiro atoms. The Morgan fingerprint density at radius 3 is 2.64 bits per heavy atom. The Labute approximate surface area is 84.4 Å². The quantitative estimate of drug-likeness (QED) is 0.679. The van der Waals surface area contributed by atoms with Crippen LogP contribution in [0.1, 0.15) is 37.9 Å². The van der Waals surface area contributed by atoms with Crippen molar-refractivity contribution in [1.82, 2.24) is 9.55 Å². The number of rotatable bonds is 1. The smallest absolute Gasteiger partial charge is 0.128 e. The summed E-state index contributed by atoms with van der Waals surface area (Å²) in [4.78, 5) is 4.32. The predicted octanol–water partition coefficient (Wildman–Crippen LogP) is 2.15. The second-order valence-corrected chi connectivity index (χ2v) is 4.12. The highest BCUT2D eigenvalue weighted by Gasteiger charge is 2.37. The van der Waals surface area contributed by atoms with E-state index in [2.05, 4.69) is 11.1 Å². The van der Waals surface area contributed by atoms with Gasteiger partial charge in [-0.3, -0.25) is 0 Å². The van der Waals surface area contributed by atoms with Crippen LogP contribution in [0.2, 0.25) is 0 Å². The van der Waals surface area contributed by atoms with Crippen LogP contribution in [0.15, 0.2) is 12.4 Å². The maximum atomic E-state index is 9.33. The number of aryl methyl sites for hydroxylation is 1. The average Bonchev–Trinajstić information content (AvgIpc) is 2.66. The third kappa shape index (κ3) is 1.31. The molecule has 1 aromatic heterocycles. The predicted molar refractivity (Wildman–Crippen MR) is 53.6 cm³/mol.